The van der Waals surface area contributed by atoms with Crippen molar-refractivity contribution in [1.29, 1.82) is 0 Å². The normalized spacial score (nSPS) is 14.3. The fraction of sp³-hybridized carbons (Fsp3) is 0.391. The largest absolute Gasteiger partial charge is 0.485 e. The van der Waals surface area contributed by atoms with Gasteiger partial charge in [-0.05, 0) is 48.4 Å². The Morgan fingerprint density at radius 3 is 2.27 bits per heavy atom. The van der Waals surface area contributed by atoms with Gasteiger partial charge in [0.1, 0.15) is 11.9 Å². The molecule has 0 spiro atoms. The molecule has 0 saturated carbocycles. The van der Waals surface area contributed by atoms with Gasteiger partial charge in [-0.25, -0.2) is 0 Å². The average molecular weight is 354 g/mol. The fourth-order valence-corrected chi connectivity index (χ4v) is 2.63. The number of benzene rings is 2. The van der Waals surface area contributed by atoms with E-state index in [9.17, 15) is 10.2 Å². The van der Waals surface area contributed by atoms with Crippen LogP contribution >= 0.6 is 0 Å². The molecule has 140 valence electrons. The maximum atomic E-state index is 9.54. The van der Waals surface area contributed by atoms with Crippen LogP contribution in [0, 0.1) is 5.41 Å². The first-order chi connectivity index (χ1) is 12.4. The third-order valence-electron chi connectivity index (χ3n) is 4.51. The Hall–Kier alpha value is -2.10. The smallest absolute Gasteiger partial charge is 0.147 e. The van der Waals surface area contributed by atoms with E-state index in [1.807, 2.05) is 30.3 Å². The molecule has 2 aromatic rings. The van der Waals surface area contributed by atoms with Crippen molar-refractivity contribution in [2.24, 2.45) is 5.41 Å². The molecule has 0 aromatic heterocycles. The highest BCUT2D eigenvalue weighted by atomic mass is 16.5. The second-order valence-corrected chi connectivity index (χ2v) is 7.46. The van der Waals surface area contributed by atoms with Crippen molar-refractivity contribution in [1.82, 2.24) is 0 Å². The number of allylic oxidation sites excluding steroid dienone is 1. The molecular formula is C23H30O3. The molecule has 0 amide bonds. The summed E-state index contributed by atoms with van der Waals surface area (Å²) in [6.07, 6.45) is 5.17. The molecule has 2 aromatic carbocycles. The Balaban J connectivity index is 1.89. The van der Waals surface area contributed by atoms with Gasteiger partial charge in [0.25, 0.3) is 0 Å². The topological polar surface area (TPSA) is 49.7 Å². The standard InChI is InChI=1S/C23H30O3/c1-18(25)22(17-24)26-21-11-9-20(10-12-21)14-16-23(2,3)15-13-19-7-5-4-6-8-19/h4-13,15,18,22,24-25H,14,16-17H2,1-3H3/b15-13+. The Morgan fingerprint density at radius 1 is 1.04 bits per heavy atom. The van der Waals surface area contributed by atoms with Gasteiger partial charge in [0.05, 0.1) is 12.7 Å². The van der Waals surface area contributed by atoms with Gasteiger partial charge in [0, 0.05) is 0 Å². The Kier molecular flexibility index (Phi) is 7.43. The predicted molar refractivity (Wildman–Crippen MR) is 107 cm³/mol. The summed E-state index contributed by atoms with van der Waals surface area (Å²) < 4.78 is 5.60. The monoisotopic (exact) mass is 354 g/mol. The van der Waals surface area contributed by atoms with E-state index in [1.54, 1.807) is 6.92 Å². The number of ether oxygens (including phenoxy) is 1. The number of hydrogen-bond acceptors (Lipinski definition) is 3. The second-order valence-electron chi connectivity index (χ2n) is 7.46. The van der Waals surface area contributed by atoms with Gasteiger partial charge in [-0.1, -0.05) is 68.5 Å². The molecule has 0 saturated heterocycles. The molecule has 0 aliphatic carbocycles. The maximum Gasteiger partial charge on any atom is 0.147 e. The summed E-state index contributed by atoms with van der Waals surface area (Å²) in [4.78, 5) is 0. The molecule has 2 unspecified atom stereocenters. The van der Waals surface area contributed by atoms with Crippen molar-refractivity contribution in [3.63, 3.8) is 0 Å². The molecule has 0 bridgehead atoms. The van der Waals surface area contributed by atoms with Gasteiger partial charge in [-0.15, -0.1) is 0 Å². The molecule has 0 fully saturated rings. The lowest BCUT2D eigenvalue weighted by Gasteiger charge is -2.21. The lowest BCUT2D eigenvalue weighted by molar-refractivity contribution is 0.0120. The summed E-state index contributed by atoms with van der Waals surface area (Å²) in [6, 6.07) is 18.2. The number of aliphatic hydroxyl groups is 2. The summed E-state index contributed by atoms with van der Waals surface area (Å²) in [5, 5.41) is 18.8. The molecule has 3 heteroatoms. The van der Waals surface area contributed by atoms with Crippen molar-refractivity contribution >= 4 is 6.08 Å². The van der Waals surface area contributed by atoms with Crippen LogP contribution in [0.15, 0.2) is 60.7 Å². The zero-order valence-corrected chi connectivity index (χ0v) is 15.9. The quantitative estimate of drug-likeness (QED) is 0.698. The van der Waals surface area contributed by atoms with E-state index in [0.29, 0.717) is 5.75 Å². The van der Waals surface area contributed by atoms with Crippen molar-refractivity contribution in [2.45, 2.75) is 45.8 Å². The number of rotatable bonds is 9. The molecule has 2 atom stereocenters. The molecule has 3 nitrogen and oxygen atoms in total. The molecule has 26 heavy (non-hydrogen) atoms. The molecule has 0 radical (unpaired) electrons. The number of aryl methyl sites for hydroxylation is 1. The van der Waals surface area contributed by atoms with E-state index in [1.165, 1.54) is 11.1 Å². The predicted octanol–water partition coefficient (Wildman–Crippen LogP) is 4.48. The zero-order chi connectivity index (χ0) is 19.0. The third-order valence-corrected chi connectivity index (χ3v) is 4.51. The Bertz CT molecular complexity index is 672. The summed E-state index contributed by atoms with van der Waals surface area (Å²) in [5.74, 6) is 0.664. The number of hydrogen-bond donors (Lipinski definition) is 2. The molecule has 2 N–H and O–H groups in total. The molecular weight excluding hydrogens is 324 g/mol. The van der Waals surface area contributed by atoms with Crippen LogP contribution in [0.2, 0.25) is 0 Å². The average Bonchev–Trinajstić information content (AvgIpc) is 2.64. The van der Waals surface area contributed by atoms with Crippen LogP contribution in [0.5, 0.6) is 5.75 Å². The Labute approximate surface area is 157 Å². The lowest BCUT2D eigenvalue weighted by atomic mass is 9.85. The van der Waals surface area contributed by atoms with Gasteiger partial charge in [0.2, 0.25) is 0 Å². The second kappa shape index (κ2) is 9.56. The van der Waals surface area contributed by atoms with E-state index in [2.05, 4.69) is 50.3 Å². The van der Waals surface area contributed by atoms with Gasteiger partial charge in [0.15, 0.2) is 0 Å². The third kappa shape index (κ3) is 6.66. The van der Waals surface area contributed by atoms with Gasteiger partial charge >= 0.3 is 0 Å². The van der Waals surface area contributed by atoms with Crippen LogP contribution in [0.3, 0.4) is 0 Å². The van der Waals surface area contributed by atoms with Crippen LogP contribution < -0.4 is 4.74 Å². The summed E-state index contributed by atoms with van der Waals surface area (Å²) in [6.45, 7) is 5.90. The first kappa shape index (κ1) is 20.2. The van der Waals surface area contributed by atoms with Crippen LogP contribution in [0.4, 0.5) is 0 Å². The van der Waals surface area contributed by atoms with Crippen LogP contribution in [0.1, 0.15) is 38.3 Å². The maximum absolute atomic E-state index is 9.54. The van der Waals surface area contributed by atoms with Crippen molar-refractivity contribution < 1.29 is 14.9 Å². The van der Waals surface area contributed by atoms with Gasteiger partial charge in [-0.3, -0.25) is 0 Å². The molecule has 2 rings (SSSR count). The number of aliphatic hydroxyl groups excluding tert-OH is 2. The van der Waals surface area contributed by atoms with Gasteiger partial charge in [-0.2, -0.15) is 0 Å². The first-order valence-electron chi connectivity index (χ1n) is 9.18. The highest BCUT2D eigenvalue weighted by Gasteiger charge is 2.16. The molecule has 0 aliphatic rings. The summed E-state index contributed by atoms with van der Waals surface area (Å²) in [5.41, 5.74) is 2.58. The highest BCUT2D eigenvalue weighted by molar-refractivity contribution is 5.49. The fourth-order valence-electron chi connectivity index (χ4n) is 2.63. The molecule has 0 aliphatic heterocycles. The minimum atomic E-state index is -0.711. The highest BCUT2D eigenvalue weighted by Crippen LogP contribution is 2.26. The van der Waals surface area contributed by atoms with E-state index < -0.39 is 12.2 Å². The van der Waals surface area contributed by atoms with Crippen LogP contribution in [0.25, 0.3) is 6.08 Å². The van der Waals surface area contributed by atoms with E-state index in [-0.39, 0.29) is 12.0 Å². The van der Waals surface area contributed by atoms with Crippen molar-refractivity contribution in [2.75, 3.05) is 6.61 Å². The van der Waals surface area contributed by atoms with Crippen LogP contribution in [-0.4, -0.2) is 29.0 Å². The Morgan fingerprint density at radius 2 is 1.69 bits per heavy atom. The summed E-state index contributed by atoms with van der Waals surface area (Å²) in [7, 11) is 0. The lowest BCUT2D eigenvalue weighted by Crippen LogP contribution is -2.32. The zero-order valence-electron chi connectivity index (χ0n) is 15.9. The minimum Gasteiger partial charge on any atom is -0.485 e. The van der Waals surface area contributed by atoms with Crippen LogP contribution in [-0.2, 0) is 6.42 Å². The van der Waals surface area contributed by atoms with Crippen molar-refractivity contribution in [3.8, 4) is 5.75 Å². The SMILES string of the molecule is CC(O)C(CO)Oc1ccc(CCC(C)(C)/C=C/c2ccccc2)cc1. The van der Waals surface area contributed by atoms with E-state index >= 15 is 0 Å². The van der Waals surface area contributed by atoms with E-state index in [0.717, 1.165) is 12.8 Å². The first-order valence-corrected chi connectivity index (χ1v) is 9.18. The van der Waals surface area contributed by atoms with Crippen molar-refractivity contribution in [3.05, 3.63) is 71.8 Å². The minimum absolute atomic E-state index is 0.110. The van der Waals surface area contributed by atoms with Gasteiger partial charge < -0.3 is 14.9 Å². The van der Waals surface area contributed by atoms with E-state index in [4.69, 9.17) is 4.74 Å². The molecule has 0 heterocycles. The summed E-state index contributed by atoms with van der Waals surface area (Å²) >= 11 is 0.